The lowest BCUT2D eigenvalue weighted by Gasteiger charge is -2.25. The SMILES string of the molecule is CCCCCCCCCCCCCC[C@@H](F)[C@@H](O)[C@@H](NC(=O)CCCCCCCCCCC)C(=O)OCC. The number of hydrogen-bond acceptors (Lipinski definition) is 4. The van der Waals surface area contributed by atoms with Gasteiger partial charge in [-0.15, -0.1) is 0 Å². The van der Waals surface area contributed by atoms with Crippen LogP contribution in [0.15, 0.2) is 0 Å². The Balaban J connectivity index is 4.14. The molecule has 0 spiro atoms. The molecule has 3 atom stereocenters. The highest BCUT2D eigenvalue weighted by molar-refractivity contribution is 5.85. The Morgan fingerprint density at radius 2 is 1.05 bits per heavy atom. The number of esters is 1. The molecule has 0 heterocycles. The van der Waals surface area contributed by atoms with Gasteiger partial charge in [0.15, 0.2) is 6.04 Å². The standard InChI is InChI=1S/C32H62FNO4/c1-4-7-9-11-13-15-16-17-19-20-22-24-26-28(33)31(36)30(32(37)38-6-3)34-29(35)27-25-23-21-18-14-12-10-8-5-2/h28,30-31,36H,4-27H2,1-3H3,(H,34,35)/t28-,30-,31-/m1/s1. The van der Waals surface area contributed by atoms with Gasteiger partial charge in [-0.3, -0.25) is 4.79 Å². The minimum atomic E-state index is -1.59. The Morgan fingerprint density at radius 3 is 1.47 bits per heavy atom. The van der Waals surface area contributed by atoms with E-state index in [0.29, 0.717) is 6.42 Å². The molecule has 0 aromatic carbocycles. The van der Waals surface area contributed by atoms with E-state index in [-0.39, 0.29) is 25.4 Å². The molecule has 0 unspecified atom stereocenters. The molecule has 0 rings (SSSR count). The van der Waals surface area contributed by atoms with Gasteiger partial charge in [-0.25, -0.2) is 9.18 Å². The summed E-state index contributed by atoms with van der Waals surface area (Å²) >= 11 is 0. The number of aliphatic hydroxyl groups excluding tert-OH is 1. The molecular weight excluding hydrogens is 481 g/mol. The van der Waals surface area contributed by atoms with Crippen molar-refractivity contribution in [2.75, 3.05) is 6.61 Å². The molecule has 6 heteroatoms. The van der Waals surface area contributed by atoms with Gasteiger partial charge < -0.3 is 15.2 Å². The summed E-state index contributed by atoms with van der Waals surface area (Å²) in [5.74, 6) is -1.10. The van der Waals surface area contributed by atoms with Gasteiger partial charge >= 0.3 is 5.97 Å². The fraction of sp³-hybridized carbons (Fsp3) is 0.938. The summed E-state index contributed by atoms with van der Waals surface area (Å²) in [4.78, 5) is 24.8. The second-order valence-electron chi connectivity index (χ2n) is 11.1. The zero-order valence-electron chi connectivity index (χ0n) is 25.3. The Kier molecular flexibility index (Phi) is 26.6. The maximum absolute atomic E-state index is 14.8. The van der Waals surface area contributed by atoms with Gasteiger partial charge in [-0.05, 0) is 19.8 Å². The molecule has 38 heavy (non-hydrogen) atoms. The van der Waals surface area contributed by atoms with Crippen molar-refractivity contribution in [3.63, 3.8) is 0 Å². The molecule has 0 bridgehead atoms. The van der Waals surface area contributed by atoms with Crippen LogP contribution in [0.25, 0.3) is 0 Å². The van der Waals surface area contributed by atoms with Gasteiger partial charge in [0.1, 0.15) is 12.3 Å². The predicted octanol–water partition coefficient (Wildman–Crippen LogP) is 8.75. The third kappa shape index (κ3) is 21.7. The Hall–Kier alpha value is -1.17. The number of alkyl halides is 1. The Bertz CT molecular complexity index is 546. The smallest absolute Gasteiger partial charge is 0.331 e. The zero-order chi connectivity index (χ0) is 28.3. The number of halogens is 1. The molecule has 0 aromatic rings. The van der Waals surface area contributed by atoms with Gasteiger partial charge in [0.25, 0.3) is 0 Å². The number of amides is 1. The minimum absolute atomic E-state index is 0.117. The normalized spacial score (nSPS) is 13.7. The number of carbonyl (C=O) groups excluding carboxylic acids is 2. The van der Waals surface area contributed by atoms with Crippen LogP contribution in [-0.2, 0) is 14.3 Å². The van der Waals surface area contributed by atoms with Crippen molar-refractivity contribution in [3.8, 4) is 0 Å². The lowest BCUT2D eigenvalue weighted by molar-refractivity contribution is -0.152. The quantitative estimate of drug-likeness (QED) is 0.0764. The number of nitrogens with one attached hydrogen (secondary N) is 1. The average Bonchev–Trinajstić information content (AvgIpc) is 2.91. The lowest BCUT2D eigenvalue weighted by atomic mass is 9.99. The third-order valence-electron chi connectivity index (χ3n) is 7.41. The molecule has 0 saturated heterocycles. The van der Waals surface area contributed by atoms with Crippen LogP contribution in [0.1, 0.15) is 168 Å². The lowest BCUT2D eigenvalue weighted by Crippen LogP contribution is -2.52. The van der Waals surface area contributed by atoms with Crippen molar-refractivity contribution >= 4 is 11.9 Å². The van der Waals surface area contributed by atoms with E-state index in [1.807, 2.05) is 0 Å². The highest BCUT2D eigenvalue weighted by atomic mass is 19.1. The third-order valence-corrected chi connectivity index (χ3v) is 7.41. The molecule has 0 aromatic heterocycles. The van der Waals surface area contributed by atoms with E-state index in [0.717, 1.165) is 38.5 Å². The van der Waals surface area contributed by atoms with Gasteiger partial charge in [0, 0.05) is 6.42 Å². The van der Waals surface area contributed by atoms with Gasteiger partial charge in [0.2, 0.25) is 5.91 Å². The van der Waals surface area contributed by atoms with Crippen LogP contribution in [-0.4, -0.2) is 41.9 Å². The summed E-state index contributed by atoms with van der Waals surface area (Å²) in [6.07, 6.45) is 21.9. The van der Waals surface area contributed by atoms with Gasteiger partial charge in [0.05, 0.1) is 6.61 Å². The first-order valence-electron chi connectivity index (χ1n) is 16.3. The first-order valence-corrected chi connectivity index (χ1v) is 16.3. The van der Waals surface area contributed by atoms with Crippen LogP contribution in [0.3, 0.4) is 0 Å². The van der Waals surface area contributed by atoms with Crippen molar-refractivity contribution in [3.05, 3.63) is 0 Å². The molecule has 2 N–H and O–H groups in total. The first kappa shape index (κ1) is 36.8. The predicted molar refractivity (Wildman–Crippen MR) is 157 cm³/mol. The van der Waals surface area contributed by atoms with Crippen molar-refractivity contribution in [1.82, 2.24) is 5.32 Å². The van der Waals surface area contributed by atoms with E-state index in [4.69, 9.17) is 4.74 Å². The maximum atomic E-state index is 14.8. The number of carbonyl (C=O) groups is 2. The number of aliphatic hydroxyl groups is 1. The molecule has 0 radical (unpaired) electrons. The molecule has 0 aliphatic rings. The van der Waals surface area contributed by atoms with E-state index < -0.39 is 24.3 Å². The number of unbranched alkanes of at least 4 members (excludes halogenated alkanes) is 19. The van der Waals surface area contributed by atoms with Crippen LogP contribution in [0, 0.1) is 0 Å². The van der Waals surface area contributed by atoms with E-state index in [1.165, 1.54) is 89.9 Å². The van der Waals surface area contributed by atoms with Crippen molar-refractivity contribution in [1.29, 1.82) is 0 Å². The molecule has 5 nitrogen and oxygen atoms in total. The zero-order valence-corrected chi connectivity index (χ0v) is 25.3. The van der Waals surface area contributed by atoms with Crippen molar-refractivity contribution < 1.29 is 23.8 Å². The Morgan fingerprint density at radius 1 is 0.658 bits per heavy atom. The van der Waals surface area contributed by atoms with Crippen LogP contribution >= 0.6 is 0 Å². The largest absolute Gasteiger partial charge is 0.464 e. The fourth-order valence-electron chi connectivity index (χ4n) is 4.92. The monoisotopic (exact) mass is 543 g/mol. The number of ether oxygens (including phenoxy) is 1. The van der Waals surface area contributed by atoms with E-state index in [1.54, 1.807) is 6.92 Å². The van der Waals surface area contributed by atoms with E-state index >= 15 is 0 Å². The molecule has 0 fully saturated rings. The Labute approximate surface area is 234 Å². The van der Waals surface area contributed by atoms with Crippen LogP contribution in [0.5, 0.6) is 0 Å². The number of rotatable bonds is 28. The van der Waals surface area contributed by atoms with E-state index in [9.17, 15) is 19.1 Å². The van der Waals surface area contributed by atoms with Crippen LogP contribution < -0.4 is 5.32 Å². The minimum Gasteiger partial charge on any atom is -0.464 e. The summed E-state index contributed by atoms with van der Waals surface area (Å²) in [5.41, 5.74) is 0. The summed E-state index contributed by atoms with van der Waals surface area (Å²) in [7, 11) is 0. The fourth-order valence-corrected chi connectivity index (χ4v) is 4.92. The highest BCUT2D eigenvalue weighted by Gasteiger charge is 2.35. The van der Waals surface area contributed by atoms with Crippen LogP contribution in [0.4, 0.5) is 4.39 Å². The topological polar surface area (TPSA) is 75.6 Å². The average molecular weight is 544 g/mol. The summed E-state index contributed by atoms with van der Waals surface area (Å²) < 4.78 is 19.8. The summed E-state index contributed by atoms with van der Waals surface area (Å²) in [6.45, 7) is 6.23. The van der Waals surface area contributed by atoms with Gasteiger partial charge in [-0.1, -0.05) is 142 Å². The first-order chi connectivity index (χ1) is 18.5. The molecule has 0 aliphatic heterocycles. The highest BCUT2D eigenvalue weighted by Crippen LogP contribution is 2.17. The number of hydrogen-bond donors (Lipinski definition) is 2. The summed E-state index contributed by atoms with van der Waals surface area (Å²) in [6, 6.07) is -1.35. The molecule has 0 saturated carbocycles. The molecular formula is C32H62FNO4. The molecule has 1 amide bonds. The molecule has 0 aliphatic carbocycles. The summed E-state index contributed by atoms with van der Waals surface area (Å²) in [5, 5.41) is 13.1. The second-order valence-corrected chi connectivity index (χ2v) is 11.1. The van der Waals surface area contributed by atoms with Crippen molar-refractivity contribution in [2.45, 2.75) is 187 Å². The van der Waals surface area contributed by atoms with E-state index in [2.05, 4.69) is 19.2 Å². The molecule has 226 valence electrons. The van der Waals surface area contributed by atoms with Crippen LogP contribution in [0.2, 0.25) is 0 Å². The second kappa shape index (κ2) is 27.4. The van der Waals surface area contributed by atoms with Crippen molar-refractivity contribution in [2.24, 2.45) is 0 Å². The van der Waals surface area contributed by atoms with Gasteiger partial charge in [-0.2, -0.15) is 0 Å². The maximum Gasteiger partial charge on any atom is 0.331 e.